The lowest BCUT2D eigenvalue weighted by molar-refractivity contribution is 0.0335. The van der Waals surface area contributed by atoms with Gasteiger partial charge in [0, 0.05) is 25.3 Å². The molecule has 2 rings (SSSR count). The van der Waals surface area contributed by atoms with Crippen molar-refractivity contribution in [2.24, 2.45) is 0 Å². The zero-order valence-corrected chi connectivity index (χ0v) is 10.8. The molecule has 4 nitrogen and oxygen atoms in total. The largest absolute Gasteiger partial charge is 0.376 e. The molecule has 0 aliphatic carbocycles. The van der Waals surface area contributed by atoms with Crippen molar-refractivity contribution in [3.8, 4) is 0 Å². The number of hydrogen-bond acceptors (Lipinski definition) is 4. The summed E-state index contributed by atoms with van der Waals surface area (Å²) in [6.45, 7) is 7.49. The lowest BCUT2D eigenvalue weighted by atomic mass is 10.2. The van der Waals surface area contributed by atoms with Crippen LogP contribution in [0.5, 0.6) is 0 Å². The Morgan fingerprint density at radius 2 is 2.24 bits per heavy atom. The van der Waals surface area contributed by atoms with Gasteiger partial charge in [0.05, 0.1) is 0 Å². The highest BCUT2D eigenvalue weighted by Gasteiger charge is 2.27. The van der Waals surface area contributed by atoms with Gasteiger partial charge >= 0.3 is 0 Å². The number of rotatable bonds is 3. The van der Waals surface area contributed by atoms with Gasteiger partial charge in [0.15, 0.2) is 0 Å². The van der Waals surface area contributed by atoms with Gasteiger partial charge in [-0.2, -0.15) is 0 Å². The van der Waals surface area contributed by atoms with Crippen LogP contribution in [0.1, 0.15) is 25.8 Å². The SMILES string of the molecule is Cc1ccc(N2CCC(NC(C)(C)O)C2)nc1. The Kier molecular flexibility index (Phi) is 3.35. The molecule has 0 aromatic carbocycles. The Labute approximate surface area is 103 Å². The van der Waals surface area contributed by atoms with Crippen molar-refractivity contribution >= 4 is 5.82 Å². The van der Waals surface area contributed by atoms with E-state index in [1.807, 2.05) is 13.1 Å². The average Bonchev–Trinajstić information content (AvgIpc) is 2.64. The normalized spacial score (nSPS) is 20.9. The second-order valence-electron chi connectivity index (χ2n) is 5.33. The summed E-state index contributed by atoms with van der Waals surface area (Å²) in [5.41, 5.74) is 0.376. The molecular weight excluding hydrogens is 214 g/mol. The van der Waals surface area contributed by atoms with Gasteiger partial charge in [-0.1, -0.05) is 6.07 Å². The molecule has 4 heteroatoms. The predicted octanol–water partition coefficient (Wildman–Crippen LogP) is 1.29. The highest BCUT2D eigenvalue weighted by atomic mass is 16.3. The molecule has 2 N–H and O–H groups in total. The van der Waals surface area contributed by atoms with Crippen LogP contribution in [0.25, 0.3) is 0 Å². The van der Waals surface area contributed by atoms with Gasteiger partial charge < -0.3 is 10.0 Å². The number of anilines is 1. The van der Waals surface area contributed by atoms with Gasteiger partial charge in [-0.15, -0.1) is 0 Å². The molecule has 94 valence electrons. The Bertz CT molecular complexity index is 369. The highest BCUT2D eigenvalue weighted by Crippen LogP contribution is 2.19. The van der Waals surface area contributed by atoms with Crippen LogP contribution in [0.4, 0.5) is 5.82 Å². The maximum atomic E-state index is 9.73. The number of nitrogens with zero attached hydrogens (tertiary/aromatic N) is 2. The monoisotopic (exact) mass is 235 g/mol. The van der Waals surface area contributed by atoms with Gasteiger partial charge in [-0.3, -0.25) is 5.32 Å². The van der Waals surface area contributed by atoms with Crippen molar-refractivity contribution in [1.29, 1.82) is 0 Å². The minimum absolute atomic E-state index is 0.332. The second-order valence-corrected chi connectivity index (χ2v) is 5.33. The Hall–Kier alpha value is -1.13. The third-order valence-corrected chi connectivity index (χ3v) is 2.97. The fourth-order valence-electron chi connectivity index (χ4n) is 2.23. The van der Waals surface area contributed by atoms with Crippen LogP contribution >= 0.6 is 0 Å². The maximum absolute atomic E-state index is 9.73. The molecule has 1 aromatic rings. The number of aliphatic hydroxyl groups is 1. The van der Waals surface area contributed by atoms with E-state index in [4.69, 9.17) is 0 Å². The van der Waals surface area contributed by atoms with Gasteiger partial charge in [-0.25, -0.2) is 4.98 Å². The van der Waals surface area contributed by atoms with Gasteiger partial charge in [0.1, 0.15) is 11.5 Å². The van der Waals surface area contributed by atoms with Crippen LogP contribution in [0.15, 0.2) is 18.3 Å². The van der Waals surface area contributed by atoms with Crippen LogP contribution in [-0.4, -0.2) is 34.9 Å². The topological polar surface area (TPSA) is 48.4 Å². The standard InChI is InChI=1S/C13H21N3O/c1-10-4-5-12(14-8-10)16-7-6-11(9-16)15-13(2,3)17/h4-5,8,11,15,17H,6-7,9H2,1-3H3. The molecule has 17 heavy (non-hydrogen) atoms. The quantitative estimate of drug-likeness (QED) is 0.775. The van der Waals surface area contributed by atoms with E-state index < -0.39 is 5.72 Å². The number of aromatic nitrogens is 1. The lowest BCUT2D eigenvalue weighted by Crippen LogP contribution is -2.46. The molecule has 0 spiro atoms. The molecule has 1 unspecified atom stereocenters. The van der Waals surface area contributed by atoms with Gasteiger partial charge in [-0.05, 0) is 38.8 Å². The first-order valence-corrected chi connectivity index (χ1v) is 6.12. The zero-order chi connectivity index (χ0) is 12.5. The first kappa shape index (κ1) is 12.3. The molecule has 0 amide bonds. The second kappa shape index (κ2) is 4.63. The minimum atomic E-state index is -0.804. The van der Waals surface area contributed by atoms with E-state index in [1.165, 1.54) is 5.56 Å². The van der Waals surface area contributed by atoms with Crippen LogP contribution in [0, 0.1) is 6.92 Å². The highest BCUT2D eigenvalue weighted by molar-refractivity contribution is 5.40. The van der Waals surface area contributed by atoms with E-state index in [0.29, 0.717) is 6.04 Å². The first-order valence-electron chi connectivity index (χ1n) is 6.12. The molecule has 0 radical (unpaired) electrons. The van der Waals surface area contributed by atoms with E-state index in [2.05, 4.69) is 27.3 Å². The van der Waals surface area contributed by atoms with E-state index >= 15 is 0 Å². The molecule has 1 aliphatic heterocycles. The molecule has 2 heterocycles. The predicted molar refractivity (Wildman–Crippen MR) is 69.0 cm³/mol. The summed E-state index contributed by atoms with van der Waals surface area (Å²) >= 11 is 0. The number of aryl methyl sites for hydroxylation is 1. The van der Waals surface area contributed by atoms with Gasteiger partial charge in [0.2, 0.25) is 0 Å². The Morgan fingerprint density at radius 1 is 1.47 bits per heavy atom. The van der Waals surface area contributed by atoms with Crippen LogP contribution in [-0.2, 0) is 0 Å². The Balaban J connectivity index is 1.96. The minimum Gasteiger partial charge on any atom is -0.376 e. The number of nitrogens with one attached hydrogen (secondary N) is 1. The van der Waals surface area contributed by atoms with E-state index in [9.17, 15) is 5.11 Å². The first-order chi connectivity index (χ1) is 7.94. The summed E-state index contributed by atoms with van der Waals surface area (Å²) < 4.78 is 0. The molecule has 1 fully saturated rings. The number of pyridine rings is 1. The molecule has 0 bridgehead atoms. The molecule has 1 aromatic heterocycles. The van der Waals surface area contributed by atoms with E-state index in [0.717, 1.165) is 25.3 Å². The van der Waals surface area contributed by atoms with Crippen molar-refractivity contribution in [2.75, 3.05) is 18.0 Å². The fraction of sp³-hybridized carbons (Fsp3) is 0.615. The smallest absolute Gasteiger partial charge is 0.128 e. The Morgan fingerprint density at radius 3 is 2.82 bits per heavy atom. The molecule has 1 saturated heterocycles. The molecule has 1 aliphatic rings. The summed E-state index contributed by atoms with van der Waals surface area (Å²) in [4.78, 5) is 6.68. The van der Waals surface area contributed by atoms with Gasteiger partial charge in [0.25, 0.3) is 0 Å². The third kappa shape index (κ3) is 3.41. The third-order valence-electron chi connectivity index (χ3n) is 2.97. The van der Waals surface area contributed by atoms with Crippen molar-refractivity contribution in [2.45, 2.75) is 39.0 Å². The van der Waals surface area contributed by atoms with Crippen molar-refractivity contribution in [1.82, 2.24) is 10.3 Å². The summed E-state index contributed by atoms with van der Waals surface area (Å²) in [6, 6.07) is 4.47. The lowest BCUT2D eigenvalue weighted by Gasteiger charge is -2.25. The summed E-state index contributed by atoms with van der Waals surface area (Å²) in [5, 5.41) is 12.9. The van der Waals surface area contributed by atoms with Crippen molar-refractivity contribution < 1.29 is 5.11 Å². The summed E-state index contributed by atoms with van der Waals surface area (Å²) in [7, 11) is 0. The average molecular weight is 235 g/mol. The maximum Gasteiger partial charge on any atom is 0.128 e. The van der Waals surface area contributed by atoms with Crippen LogP contribution < -0.4 is 10.2 Å². The van der Waals surface area contributed by atoms with E-state index in [-0.39, 0.29) is 0 Å². The molecule has 1 atom stereocenters. The van der Waals surface area contributed by atoms with Crippen molar-refractivity contribution in [3.05, 3.63) is 23.9 Å². The summed E-state index contributed by atoms with van der Waals surface area (Å²) in [5.74, 6) is 1.02. The van der Waals surface area contributed by atoms with E-state index in [1.54, 1.807) is 13.8 Å². The summed E-state index contributed by atoms with van der Waals surface area (Å²) in [6.07, 6.45) is 2.94. The van der Waals surface area contributed by atoms with Crippen molar-refractivity contribution in [3.63, 3.8) is 0 Å². The fourth-order valence-corrected chi connectivity index (χ4v) is 2.23. The molecular formula is C13H21N3O. The van der Waals surface area contributed by atoms with Crippen LogP contribution in [0.3, 0.4) is 0 Å². The number of hydrogen-bond donors (Lipinski definition) is 2. The zero-order valence-electron chi connectivity index (χ0n) is 10.8. The molecule has 0 saturated carbocycles. The van der Waals surface area contributed by atoms with Crippen LogP contribution in [0.2, 0.25) is 0 Å².